The van der Waals surface area contributed by atoms with E-state index in [1.807, 2.05) is 31.2 Å². The van der Waals surface area contributed by atoms with Gasteiger partial charge in [0.25, 0.3) is 0 Å². The minimum absolute atomic E-state index is 0.0711. The van der Waals surface area contributed by atoms with Crippen molar-refractivity contribution in [3.63, 3.8) is 0 Å². The third-order valence-corrected chi connectivity index (χ3v) is 2.82. The number of carbonyl (C=O) groups excluding carboxylic acids is 1. The van der Waals surface area contributed by atoms with Crippen LogP contribution in [0.2, 0.25) is 0 Å². The first kappa shape index (κ1) is 11.5. The van der Waals surface area contributed by atoms with Crippen LogP contribution in [0.4, 0.5) is 5.69 Å². The molecule has 0 aliphatic carbocycles. The van der Waals surface area contributed by atoms with Crippen molar-refractivity contribution in [1.82, 2.24) is 0 Å². The molecule has 1 aromatic carbocycles. The highest BCUT2D eigenvalue weighted by Crippen LogP contribution is 2.35. The lowest BCUT2D eigenvalue weighted by atomic mass is 10.1. The smallest absolute Gasteiger partial charge is 0.241 e. The van der Waals surface area contributed by atoms with Crippen molar-refractivity contribution in [2.75, 3.05) is 18.1 Å². The number of fused-ring (bicyclic) bond motifs is 1. The zero-order valence-corrected chi connectivity index (χ0v) is 9.77. The van der Waals surface area contributed by atoms with Gasteiger partial charge in [0.2, 0.25) is 5.91 Å². The molecule has 0 unspecified atom stereocenters. The maximum Gasteiger partial charge on any atom is 0.241 e. The van der Waals surface area contributed by atoms with E-state index in [0.29, 0.717) is 13.2 Å². The van der Waals surface area contributed by atoms with Gasteiger partial charge in [0.1, 0.15) is 12.2 Å². The van der Waals surface area contributed by atoms with E-state index in [4.69, 9.17) is 10.00 Å². The van der Waals surface area contributed by atoms with Gasteiger partial charge in [-0.1, -0.05) is 6.07 Å². The lowest BCUT2D eigenvalue weighted by molar-refractivity contribution is -0.117. The number of amides is 1. The number of hydrogen-bond donors (Lipinski definition) is 0. The van der Waals surface area contributed by atoms with Crippen LogP contribution in [0, 0.1) is 11.3 Å². The molecular formula is C13H14N2O2. The van der Waals surface area contributed by atoms with E-state index in [1.54, 1.807) is 4.90 Å². The Bertz CT molecular complexity index is 477. The maximum atomic E-state index is 11.7. The Morgan fingerprint density at radius 3 is 3.12 bits per heavy atom. The van der Waals surface area contributed by atoms with Crippen LogP contribution < -0.4 is 9.64 Å². The van der Waals surface area contributed by atoms with Gasteiger partial charge in [0.15, 0.2) is 0 Å². The van der Waals surface area contributed by atoms with Crippen LogP contribution in [0.3, 0.4) is 0 Å². The molecule has 0 radical (unpaired) electrons. The van der Waals surface area contributed by atoms with Crippen molar-refractivity contribution in [3.8, 4) is 11.8 Å². The van der Waals surface area contributed by atoms with Crippen LogP contribution in [0.15, 0.2) is 18.2 Å². The van der Waals surface area contributed by atoms with Crippen LogP contribution in [-0.2, 0) is 11.2 Å². The Balaban J connectivity index is 2.30. The molecule has 1 heterocycles. The SMILES string of the molecule is CCOc1cccc2c1CCN2C(=O)CC#N. The molecule has 4 heteroatoms. The molecule has 0 saturated heterocycles. The molecule has 1 aliphatic rings. The molecule has 17 heavy (non-hydrogen) atoms. The second-order valence-electron chi connectivity index (χ2n) is 3.82. The number of nitrogens with zero attached hydrogens (tertiary/aromatic N) is 2. The number of rotatable bonds is 3. The van der Waals surface area contributed by atoms with E-state index in [-0.39, 0.29) is 12.3 Å². The van der Waals surface area contributed by atoms with Crippen LogP contribution in [0.1, 0.15) is 18.9 Å². The summed E-state index contributed by atoms with van der Waals surface area (Å²) in [6.45, 7) is 3.19. The maximum absolute atomic E-state index is 11.7. The summed E-state index contributed by atoms with van der Waals surface area (Å²) in [6, 6.07) is 7.59. The molecule has 0 fully saturated rings. The number of benzene rings is 1. The lowest BCUT2D eigenvalue weighted by Gasteiger charge is -2.16. The molecule has 1 aliphatic heterocycles. The summed E-state index contributed by atoms with van der Waals surface area (Å²) < 4.78 is 5.53. The molecular weight excluding hydrogens is 216 g/mol. The summed E-state index contributed by atoms with van der Waals surface area (Å²) in [5.74, 6) is 0.706. The molecule has 0 bridgehead atoms. The summed E-state index contributed by atoms with van der Waals surface area (Å²) in [5.41, 5.74) is 1.96. The van der Waals surface area contributed by atoms with E-state index in [0.717, 1.165) is 23.4 Å². The highest BCUT2D eigenvalue weighted by atomic mass is 16.5. The number of hydrogen-bond acceptors (Lipinski definition) is 3. The Hall–Kier alpha value is -2.02. The number of ether oxygens (including phenoxy) is 1. The Labute approximate surface area is 100 Å². The highest BCUT2D eigenvalue weighted by Gasteiger charge is 2.26. The van der Waals surface area contributed by atoms with Gasteiger partial charge >= 0.3 is 0 Å². The monoisotopic (exact) mass is 230 g/mol. The molecule has 0 atom stereocenters. The third-order valence-electron chi connectivity index (χ3n) is 2.82. The van der Waals surface area contributed by atoms with Gasteiger partial charge in [-0.25, -0.2) is 0 Å². The molecule has 1 aromatic rings. The molecule has 0 spiro atoms. The van der Waals surface area contributed by atoms with Gasteiger partial charge in [-0.05, 0) is 25.5 Å². The lowest BCUT2D eigenvalue weighted by Crippen LogP contribution is -2.28. The second kappa shape index (κ2) is 4.88. The normalized spacial score (nSPS) is 13.1. The van der Waals surface area contributed by atoms with Crippen molar-refractivity contribution in [2.24, 2.45) is 0 Å². The second-order valence-corrected chi connectivity index (χ2v) is 3.82. The van der Waals surface area contributed by atoms with Crippen LogP contribution in [0.5, 0.6) is 5.75 Å². The number of nitriles is 1. The summed E-state index contributed by atoms with van der Waals surface area (Å²) >= 11 is 0. The average molecular weight is 230 g/mol. The topological polar surface area (TPSA) is 53.3 Å². The van der Waals surface area contributed by atoms with Crippen molar-refractivity contribution >= 4 is 11.6 Å². The molecule has 1 amide bonds. The van der Waals surface area contributed by atoms with Crippen molar-refractivity contribution < 1.29 is 9.53 Å². The molecule has 4 nitrogen and oxygen atoms in total. The summed E-state index contributed by atoms with van der Waals surface area (Å²) in [7, 11) is 0. The first-order valence-corrected chi connectivity index (χ1v) is 5.70. The molecule has 0 N–H and O–H groups in total. The number of carbonyl (C=O) groups is 1. The van der Waals surface area contributed by atoms with E-state index < -0.39 is 0 Å². The first-order valence-electron chi connectivity index (χ1n) is 5.70. The van der Waals surface area contributed by atoms with E-state index >= 15 is 0 Å². The minimum atomic E-state index is -0.139. The van der Waals surface area contributed by atoms with Gasteiger partial charge in [-0.3, -0.25) is 4.79 Å². The fourth-order valence-corrected chi connectivity index (χ4v) is 2.12. The summed E-state index contributed by atoms with van der Waals surface area (Å²) in [4.78, 5) is 13.4. The third kappa shape index (κ3) is 2.09. The number of anilines is 1. The quantitative estimate of drug-likeness (QED) is 0.796. The van der Waals surface area contributed by atoms with E-state index in [1.165, 1.54) is 0 Å². The van der Waals surface area contributed by atoms with Gasteiger partial charge in [0.05, 0.1) is 18.4 Å². The van der Waals surface area contributed by atoms with Crippen LogP contribution in [-0.4, -0.2) is 19.1 Å². The molecule has 2 rings (SSSR count). The largest absolute Gasteiger partial charge is 0.494 e. The Kier molecular flexibility index (Phi) is 3.29. The van der Waals surface area contributed by atoms with Gasteiger partial charge in [-0.2, -0.15) is 5.26 Å². The fourth-order valence-electron chi connectivity index (χ4n) is 2.12. The fraction of sp³-hybridized carbons (Fsp3) is 0.385. The van der Waals surface area contributed by atoms with Gasteiger partial charge in [0, 0.05) is 12.1 Å². The highest BCUT2D eigenvalue weighted by molar-refractivity contribution is 5.97. The average Bonchev–Trinajstić information content (AvgIpc) is 2.74. The molecule has 88 valence electrons. The first-order chi connectivity index (χ1) is 8.27. The minimum Gasteiger partial charge on any atom is -0.494 e. The van der Waals surface area contributed by atoms with E-state index in [9.17, 15) is 4.79 Å². The van der Waals surface area contributed by atoms with Crippen molar-refractivity contribution in [1.29, 1.82) is 5.26 Å². The summed E-state index contributed by atoms with van der Waals surface area (Å²) in [6.07, 6.45) is 0.723. The Morgan fingerprint density at radius 2 is 2.41 bits per heavy atom. The Morgan fingerprint density at radius 1 is 1.59 bits per heavy atom. The van der Waals surface area contributed by atoms with Crippen molar-refractivity contribution in [3.05, 3.63) is 23.8 Å². The van der Waals surface area contributed by atoms with E-state index in [2.05, 4.69) is 0 Å². The predicted molar refractivity (Wildman–Crippen MR) is 63.9 cm³/mol. The molecule has 0 saturated carbocycles. The predicted octanol–water partition coefficient (Wildman–Crippen LogP) is 1.89. The van der Waals surface area contributed by atoms with Gasteiger partial charge in [-0.15, -0.1) is 0 Å². The zero-order valence-electron chi connectivity index (χ0n) is 9.77. The van der Waals surface area contributed by atoms with Crippen molar-refractivity contribution in [2.45, 2.75) is 19.8 Å². The zero-order chi connectivity index (χ0) is 12.3. The molecule has 0 aromatic heterocycles. The van der Waals surface area contributed by atoms with Crippen LogP contribution in [0.25, 0.3) is 0 Å². The summed E-state index contributed by atoms with van der Waals surface area (Å²) in [5, 5.41) is 8.56. The standard InChI is InChI=1S/C13H14N2O2/c1-2-17-12-5-3-4-11-10(12)7-9-15(11)13(16)6-8-14/h3-5H,2,6-7,9H2,1H3. The van der Waals surface area contributed by atoms with Crippen LogP contribution >= 0.6 is 0 Å². The van der Waals surface area contributed by atoms with Gasteiger partial charge < -0.3 is 9.64 Å².